The molecule has 0 aliphatic rings. The molecule has 0 amide bonds. The van der Waals surface area contributed by atoms with Crippen LogP contribution in [0.15, 0.2) is 36.4 Å². The van der Waals surface area contributed by atoms with E-state index >= 15 is 0 Å². The first-order valence-corrected chi connectivity index (χ1v) is 6.47. The predicted molar refractivity (Wildman–Crippen MR) is 74.7 cm³/mol. The fraction of sp³-hybridized carbons (Fsp3) is 0.200. The molecule has 0 aromatic heterocycles. The van der Waals surface area contributed by atoms with Crippen LogP contribution in [-0.4, -0.2) is 0 Å². The molecule has 0 aliphatic carbocycles. The van der Waals surface area contributed by atoms with Crippen molar-refractivity contribution in [3.8, 4) is 5.75 Å². The van der Waals surface area contributed by atoms with Gasteiger partial charge in [-0.25, -0.2) is 8.78 Å². The number of benzene rings is 2. The summed E-state index contributed by atoms with van der Waals surface area (Å²) in [6.45, 7) is 1.89. The minimum Gasteiger partial charge on any atom is -0.489 e. The highest BCUT2D eigenvalue weighted by molar-refractivity contribution is 6.30. The summed E-state index contributed by atoms with van der Waals surface area (Å²) < 4.78 is 32.2. The molecule has 5 heteroatoms. The molecule has 0 saturated carbocycles. The topological polar surface area (TPSA) is 35.2 Å². The van der Waals surface area contributed by atoms with E-state index in [-0.39, 0.29) is 17.7 Å². The monoisotopic (exact) mass is 297 g/mol. The summed E-state index contributed by atoms with van der Waals surface area (Å²) in [6, 6.07) is 8.45. The van der Waals surface area contributed by atoms with Crippen LogP contribution in [0.1, 0.15) is 24.1 Å². The summed E-state index contributed by atoms with van der Waals surface area (Å²) in [5.41, 5.74) is 6.76. The third-order valence-corrected chi connectivity index (χ3v) is 3.14. The number of hydrogen-bond acceptors (Lipinski definition) is 2. The van der Waals surface area contributed by atoms with E-state index in [0.717, 1.165) is 0 Å². The Morgan fingerprint density at radius 1 is 1.15 bits per heavy atom. The lowest BCUT2D eigenvalue weighted by Crippen LogP contribution is -2.07. The molecule has 2 aromatic rings. The van der Waals surface area contributed by atoms with E-state index in [1.807, 2.05) is 0 Å². The van der Waals surface area contributed by atoms with Crippen molar-refractivity contribution in [2.75, 3.05) is 0 Å². The Bertz CT molecular complexity index is 617. The normalized spacial score (nSPS) is 12.2. The summed E-state index contributed by atoms with van der Waals surface area (Å²) in [6.07, 6.45) is 0. The highest BCUT2D eigenvalue weighted by atomic mass is 35.5. The van der Waals surface area contributed by atoms with Gasteiger partial charge in [-0.2, -0.15) is 0 Å². The maximum atomic E-state index is 13.7. The highest BCUT2D eigenvalue weighted by Gasteiger charge is 2.08. The summed E-state index contributed by atoms with van der Waals surface area (Å²) in [7, 11) is 0. The van der Waals surface area contributed by atoms with E-state index in [9.17, 15) is 8.78 Å². The Hall–Kier alpha value is -1.65. The lowest BCUT2D eigenvalue weighted by atomic mass is 10.1. The first kappa shape index (κ1) is 14.8. The van der Waals surface area contributed by atoms with Crippen LogP contribution in [0.3, 0.4) is 0 Å². The molecule has 20 heavy (non-hydrogen) atoms. The zero-order chi connectivity index (χ0) is 14.7. The summed E-state index contributed by atoms with van der Waals surface area (Å²) in [4.78, 5) is 0. The van der Waals surface area contributed by atoms with Crippen molar-refractivity contribution in [2.24, 2.45) is 5.73 Å². The van der Waals surface area contributed by atoms with Crippen LogP contribution in [0.25, 0.3) is 0 Å². The largest absolute Gasteiger partial charge is 0.489 e. The maximum absolute atomic E-state index is 13.7. The van der Waals surface area contributed by atoms with Gasteiger partial charge in [0.2, 0.25) is 0 Å². The molecule has 0 saturated heterocycles. The number of rotatable bonds is 4. The number of ether oxygens (including phenoxy) is 1. The first-order valence-electron chi connectivity index (χ1n) is 6.09. The minimum absolute atomic E-state index is 0.0320. The SMILES string of the molecule is CC(N)c1ccc(OCc2ccc(F)c(Cl)c2)cc1F. The molecule has 2 N–H and O–H groups in total. The minimum atomic E-state index is -0.484. The Balaban J connectivity index is 2.07. The molecule has 0 bridgehead atoms. The third-order valence-electron chi connectivity index (χ3n) is 2.85. The van der Waals surface area contributed by atoms with Crippen LogP contribution in [0.4, 0.5) is 8.78 Å². The van der Waals surface area contributed by atoms with Gasteiger partial charge in [-0.15, -0.1) is 0 Å². The number of halogens is 3. The van der Waals surface area contributed by atoms with Gasteiger partial charge in [0.15, 0.2) is 0 Å². The van der Waals surface area contributed by atoms with Crippen molar-refractivity contribution in [1.29, 1.82) is 0 Å². The summed E-state index contributed by atoms with van der Waals surface area (Å²) >= 11 is 5.67. The predicted octanol–water partition coefficient (Wildman–Crippen LogP) is 4.22. The molecule has 0 heterocycles. The molecule has 1 unspecified atom stereocenters. The fourth-order valence-electron chi connectivity index (χ4n) is 1.76. The molecule has 2 aromatic carbocycles. The lowest BCUT2D eigenvalue weighted by Gasteiger charge is -2.10. The molecule has 1 atom stereocenters. The van der Waals surface area contributed by atoms with Crippen molar-refractivity contribution >= 4 is 11.6 Å². The molecule has 0 radical (unpaired) electrons. The zero-order valence-corrected chi connectivity index (χ0v) is 11.6. The quantitative estimate of drug-likeness (QED) is 0.917. The van der Waals surface area contributed by atoms with E-state index < -0.39 is 11.6 Å². The number of nitrogens with two attached hydrogens (primary N) is 1. The standard InChI is InChI=1S/C15H14ClF2NO/c1-9(19)12-4-3-11(7-15(12)18)20-8-10-2-5-14(17)13(16)6-10/h2-7,9H,8,19H2,1H3. The first-order chi connectivity index (χ1) is 9.47. The Morgan fingerprint density at radius 3 is 2.50 bits per heavy atom. The second-order valence-corrected chi connectivity index (χ2v) is 4.92. The fourth-order valence-corrected chi connectivity index (χ4v) is 1.97. The van der Waals surface area contributed by atoms with Gasteiger partial charge in [-0.05, 0) is 30.7 Å². The van der Waals surface area contributed by atoms with Crippen molar-refractivity contribution in [2.45, 2.75) is 19.6 Å². The van der Waals surface area contributed by atoms with Crippen molar-refractivity contribution in [3.63, 3.8) is 0 Å². The van der Waals surface area contributed by atoms with Crippen molar-refractivity contribution < 1.29 is 13.5 Å². The zero-order valence-electron chi connectivity index (χ0n) is 10.9. The maximum Gasteiger partial charge on any atom is 0.141 e. The molecule has 0 aliphatic heterocycles. The molecule has 0 spiro atoms. The van der Waals surface area contributed by atoms with E-state index in [4.69, 9.17) is 22.1 Å². The summed E-state index contributed by atoms with van der Waals surface area (Å²) in [5.74, 6) is -0.510. The van der Waals surface area contributed by atoms with E-state index in [1.165, 1.54) is 18.2 Å². The summed E-state index contributed by atoms with van der Waals surface area (Å²) in [5, 5.41) is 0.0320. The molecule has 106 valence electrons. The molecular formula is C15H14ClF2NO. The van der Waals surface area contributed by atoms with Crippen molar-refractivity contribution in [3.05, 3.63) is 64.2 Å². The molecule has 0 fully saturated rings. The van der Waals surface area contributed by atoms with Crippen LogP contribution in [0, 0.1) is 11.6 Å². The van der Waals surface area contributed by atoms with Gasteiger partial charge in [-0.3, -0.25) is 0 Å². The van der Waals surface area contributed by atoms with E-state index in [1.54, 1.807) is 25.1 Å². The van der Waals surface area contributed by atoms with Gasteiger partial charge < -0.3 is 10.5 Å². The Morgan fingerprint density at radius 2 is 1.90 bits per heavy atom. The molecule has 2 rings (SSSR count). The van der Waals surface area contributed by atoms with Crippen LogP contribution in [-0.2, 0) is 6.61 Å². The van der Waals surface area contributed by atoms with Crippen molar-refractivity contribution in [1.82, 2.24) is 0 Å². The average Bonchev–Trinajstić information content (AvgIpc) is 2.40. The van der Waals surface area contributed by atoms with Gasteiger partial charge in [0, 0.05) is 17.7 Å². The molecular weight excluding hydrogens is 284 g/mol. The van der Waals surface area contributed by atoms with Crippen LogP contribution in [0.2, 0.25) is 5.02 Å². The van der Waals surface area contributed by atoms with Gasteiger partial charge in [-0.1, -0.05) is 23.7 Å². The van der Waals surface area contributed by atoms with Crippen LogP contribution in [0.5, 0.6) is 5.75 Å². The van der Waals surface area contributed by atoms with Gasteiger partial charge >= 0.3 is 0 Å². The second kappa shape index (κ2) is 6.20. The Labute approximate surface area is 121 Å². The van der Waals surface area contributed by atoms with Gasteiger partial charge in [0.1, 0.15) is 24.0 Å². The van der Waals surface area contributed by atoms with E-state index in [2.05, 4.69) is 0 Å². The van der Waals surface area contributed by atoms with Crippen LogP contribution >= 0.6 is 11.6 Å². The van der Waals surface area contributed by atoms with Crippen LogP contribution < -0.4 is 10.5 Å². The highest BCUT2D eigenvalue weighted by Crippen LogP contribution is 2.22. The van der Waals surface area contributed by atoms with E-state index in [0.29, 0.717) is 16.9 Å². The smallest absolute Gasteiger partial charge is 0.141 e. The number of hydrogen-bond donors (Lipinski definition) is 1. The lowest BCUT2D eigenvalue weighted by molar-refractivity contribution is 0.304. The average molecular weight is 298 g/mol. The second-order valence-electron chi connectivity index (χ2n) is 4.51. The van der Waals surface area contributed by atoms with Gasteiger partial charge in [0.05, 0.1) is 5.02 Å². The molecule has 2 nitrogen and oxygen atoms in total. The Kier molecular flexibility index (Phi) is 4.57. The third kappa shape index (κ3) is 3.46. The van der Waals surface area contributed by atoms with Gasteiger partial charge in [0.25, 0.3) is 0 Å².